The molecule has 1 fully saturated rings. The second-order valence-corrected chi connectivity index (χ2v) is 5.19. The standard InChI is InChI=1S/C15H23N3O2/c1-3-7-16-13-4-5-14(17-10-13)15(19)18-9-12-6-8-20-11(12)2/h4-5,10-12,16H,3,6-9H2,1-2H3,(H,18,19). The number of carbonyl (C=O) groups is 1. The van der Waals surface area contributed by atoms with Crippen molar-refractivity contribution in [2.75, 3.05) is 25.0 Å². The maximum Gasteiger partial charge on any atom is 0.269 e. The molecule has 0 aliphatic carbocycles. The van der Waals surface area contributed by atoms with Gasteiger partial charge in [0.25, 0.3) is 5.91 Å². The van der Waals surface area contributed by atoms with Gasteiger partial charge in [-0.2, -0.15) is 0 Å². The van der Waals surface area contributed by atoms with Crippen molar-refractivity contribution in [3.63, 3.8) is 0 Å². The molecule has 2 rings (SSSR count). The van der Waals surface area contributed by atoms with Crippen molar-refractivity contribution in [2.45, 2.75) is 32.8 Å². The number of pyridine rings is 1. The number of rotatable bonds is 6. The molecular formula is C15H23N3O2. The summed E-state index contributed by atoms with van der Waals surface area (Å²) in [6.45, 7) is 6.51. The topological polar surface area (TPSA) is 63.2 Å². The van der Waals surface area contributed by atoms with Crippen molar-refractivity contribution >= 4 is 11.6 Å². The number of amides is 1. The highest BCUT2D eigenvalue weighted by Crippen LogP contribution is 2.19. The zero-order valence-corrected chi connectivity index (χ0v) is 12.2. The fourth-order valence-corrected chi connectivity index (χ4v) is 2.26. The Hall–Kier alpha value is -1.62. The van der Waals surface area contributed by atoms with Gasteiger partial charge in [0, 0.05) is 25.6 Å². The van der Waals surface area contributed by atoms with Crippen LogP contribution >= 0.6 is 0 Å². The highest BCUT2D eigenvalue weighted by Gasteiger charge is 2.24. The number of hydrogen-bond acceptors (Lipinski definition) is 4. The van der Waals surface area contributed by atoms with Gasteiger partial charge >= 0.3 is 0 Å². The van der Waals surface area contributed by atoms with Crippen LogP contribution in [0.4, 0.5) is 5.69 Å². The molecule has 2 unspecified atom stereocenters. The molecule has 1 aliphatic rings. The molecule has 20 heavy (non-hydrogen) atoms. The van der Waals surface area contributed by atoms with Crippen molar-refractivity contribution in [2.24, 2.45) is 5.92 Å². The first kappa shape index (κ1) is 14.8. The minimum atomic E-state index is -0.119. The van der Waals surface area contributed by atoms with Gasteiger partial charge in [0.15, 0.2) is 0 Å². The van der Waals surface area contributed by atoms with E-state index in [0.717, 1.165) is 31.7 Å². The van der Waals surface area contributed by atoms with Gasteiger partial charge in [-0.1, -0.05) is 6.92 Å². The maximum absolute atomic E-state index is 12.0. The number of aromatic nitrogens is 1. The Balaban J connectivity index is 1.82. The summed E-state index contributed by atoms with van der Waals surface area (Å²) in [4.78, 5) is 16.2. The van der Waals surface area contributed by atoms with Gasteiger partial charge in [0.1, 0.15) is 5.69 Å². The minimum Gasteiger partial charge on any atom is -0.384 e. The SMILES string of the molecule is CCCNc1ccc(C(=O)NCC2CCOC2C)nc1. The van der Waals surface area contributed by atoms with E-state index >= 15 is 0 Å². The van der Waals surface area contributed by atoms with E-state index in [0.29, 0.717) is 18.2 Å². The second kappa shape index (κ2) is 7.24. The molecule has 2 N–H and O–H groups in total. The minimum absolute atomic E-state index is 0.119. The molecule has 1 aromatic heterocycles. The maximum atomic E-state index is 12.0. The average Bonchev–Trinajstić information content (AvgIpc) is 2.88. The quantitative estimate of drug-likeness (QED) is 0.835. The van der Waals surface area contributed by atoms with E-state index < -0.39 is 0 Å². The molecule has 0 bridgehead atoms. The zero-order valence-electron chi connectivity index (χ0n) is 12.2. The largest absolute Gasteiger partial charge is 0.384 e. The van der Waals surface area contributed by atoms with E-state index in [1.54, 1.807) is 12.3 Å². The molecule has 5 heteroatoms. The summed E-state index contributed by atoms with van der Waals surface area (Å²) in [5, 5.41) is 6.16. The molecule has 1 amide bonds. The lowest BCUT2D eigenvalue weighted by atomic mass is 10.0. The fourth-order valence-electron chi connectivity index (χ4n) is 2.26. The lowest BCUT2D eigenvalue weighted by molar-refractivity contribution is 0.0903. The monoisotopic (exact) mass is 277 g/mol. The average molecular weight is 277 g/mol. The molecule has 5 nitrogen and oxygen atoms in total. The van der Waals surface area contributed by atoms with Gasteiger partial charge in [-0.3, -0.25) is 4.79 Å². The Bertz CT molecular complexity index is 433. The van der Waals surface area contributed by atoms with Crippen molar-refractivity contribution in [3.05, 3.63) is 24.0 Å². The summed E-state index contributed by atoms with van der Waals surface area (Å²) in [7, 11) is 0. The van der Waals surface area contributed by atoms with Crippen molar-refractivity contribution in [1.82, 2.24) is 10.3 Å². The van der Waals surface area contributed by atoms with Crippen LogP contribution in [0.3, 0.4) is 0 Å². The van der Waals surface area contributed by atoms with Crippen LogP contribution in [0.5, 0.6) is 0 Å². The van der Waals surface area contributed by atoms with Crippen molar-refractivity contribution in [1.29, 1.82) is 0 Å². The van der Waals surface area contributed by atoms with Crippen LogP contribution in [0, 0.1) is 5.92 Å². The molecular weight excluding hydrogens is 254 g/mol. The van der Waals surface area contributed by atoms with E-state index in [2.05, 4.69) is 29.5 Å². The van der Waals surface area contributed by atoms with Crippen LogP contribution in [0.1, 0.15) is 37.2 Å². The van der Waals surface area contributed by atoms with E-state index in [9.17, 15) is 4.79 Å². The number of ether oxygens (including phenoxy) is 1. The molecule has 1 aliphatic heterocycles. The van der Waals surface area contributed by atoms with Crippen LogP contribution in [-0.2, 0) is 4.74 Å². The van der Waals surface area contributed by atoms with Gasteiger partial charge < -0.3 is 15.4 Å². The normalized spacial score (nSPS) is 21.7. The lowest BCUT2D eigenvalue weighted by Crippen LogP contribution is -2.32. The number of nitrogens with zero attached hydrogens (tertiary/aromatic N) is 1. The summed E-state index contributed by atoms with van der Waals surface area (Å²) >= 11 is 0. The first-order valence-corrected chi connectivity index (χ1v) is 7.30. The van der Waals surface area contributed by atoms with Crippen molar-refractivity contribution in [3.8, 4) is 0 Å². The predicted molar refractivity (Wildman–Crippen MR) is 78.9 cm³/mol. The van der Waals surface area contributed by atoms with Gasteiger partial charge in [-0.05, 0) is 31.9 Å². The van der Waals surface area contributed by atoms with Crippen LogP contribution in [0.15, 0.2) is 18.3 Å². The third-order valence-electron chi connectivity index (χ3n) is 3.63. The Kier molecular flexibility index (Phi) is 5.35. The highest BCUT2D eigenvalue weighted by atomic mass is 16.5. The number of nitrogens with one attached hydrogen (secondary N) is 2. The molecule has 1 saturated heterocycles. The Labute approximate surface area is 120 Å². The van der Waals surface area contributed by atoms with Gasteiger partial charge in [0.2, 0.25) is 0 Å². The first-order valence-electron chi connectivity index (χ1n) is 7.30. The summed E-state index contributed by atoms with van der Waals surface area (Å²) < 4.78 is 5.48. The van der Waals surface area contributed by atoms with E-state index in [1.807, 2.05) is 6.07 Å². The summed E-state index contributed by atoms with van der Waals surface area (Å²) in [5.41, 5.74) is 1.40. The first-order chi connectivity index (χ1) is 9.70. The summed E-state index contributed by atoms with van der Waals surface area (Å²) in [6.07, 6.45) is 3.99. The summed E-state index contributed by atoms with van der Waals surface area (Å²) in [6, 6.07) is 3.64. The van der Waals surface area contributed by atoms with Crippen molar-refractivity contribution < 1.29 is 9.53 Å². The smallest absolute Gasteiger partial charge is 0.269 e. The Morgan fingerprint density at radius 2 is 2.35 bits per heavy atom. The second-order valence-electron chi connectivity index (χ2n) is 5.19. The van der Waals surface area contributed by atoms with Gasteiger partial charge in [0.05, 0.1) is 18.0 Å². The fraction of sp³-hybridized carbons (Fsp3) is 0.600. The van der Waals surface area contributed by atoms with Crippen LogP contribution in [0.2, 0.25) is 0 Å². The van der Waals surface area contributed by atoms with Crippen LogP contribution < -0.4 is 10.6 Å². The lowest BCUT2D eigenvalue weighted by Gasteiger charge is -2.14. The molecule has 2 heterocycles. The molecule has 0 aromatic carbocycles. The summed E-state index contributed by atoms with van der Waals surface area (Å²) in [5.74, 6) is 0.288. The number of carbonyl (C=O) groups excluding carboxylic acids is 1. The van der Waals surface area contributed by atoms with Crippen LogP contribution in [-0.4, -0.2) is 36.7 Å². The number of anilines is 1. The molecule has 110 valence electrons. The molecule has 0 saturated carbocycles. The molecule has 1 aromatic rings. The molecule has 0 radical (unpaired) electrons. The number of hydrogen-bond donors (Lipinski definition) is 2. The zero-order chi connectivity index (χ0) is 14.4. The third kappa shape index (κ3) is 3.93. The van der Waals surface area contributed by atoms with Gasteiger partial charge in [-0.15, -0.1) is 0 Å². The Morgan fingerprint density at radius 1 is 1.50 bits per heavy atom. The third-order valence-corrected chi connectivity index (χ3v) is 3.63. The van der Waals surface area contributed by atoms with E-state index in [4.69, 9.17) is 4.74 Å². The highest BCUT2D eigenvalue weighted by molar-refractivity contribution is 5.92. The van der Waals surface area contributed by atoms with E-state index in [1.165, 1.54) is 0 Å². The van der Waals surface area contributed by atoms with Gasteiger partial charge in [-0.25, -0.2) is 4.98 Å². The molecule has 0 spiro atoms. The Morgan fingerprint density at radius 3 is 2.95 bits per heavy atom. The van der Waals surface area contributed by atoms with E-state index in [-0.39, 0.29) is 12.0 Å². The van der Waals surface area contributed by atoms with Crippen LogP contribution in [0.25, 0.3) is 0 Å². The predicted octanol–water partition coefficient (Wildman–Crippen LogP) is 2.06. The molecule has 2 atom stereocenters.